The Morgan fingerprint density at radius 3 is 2.76 bits per heavy atom. The largest absolute Gasteiger partial charge is 0.355 e. The monoisotopic (exact) mass is 253 g/mol. The van der Waals surface area contributed by atoms with Gasteiger partial charge in [0.25, 0.3) is 0 Å². The molecule has 1 aromatic rings. The van der Waals surface area contributed by atoms with Crippen molar-refractivity contribution in [3.05, 3.63) is 24.4 Å². The summed E-state index contributed by atoms with van der Waals surface area (Å²) < 4.78 is 0. The normalized spacial score (nSPS) is 9.71. The first kappa shape index (κ1) is 13.5. The summed E-state index contributed by atoms with van der Waals surface area (Å²) in [7, 11) is 0. The molecule has 92 valence electrons. The molecule has 0 spiro atoms. The van der Waals surface area contributed by atoms with E-state index in [1.54, 1.807) is 6.20 Å². The van der Waals surface area contributed by atoms with Crippen molar-refractivity contribution in [2.75, 3.05) is 18.8 Å². The van der Waals surface area contributed by atoms with Crippen LogP contribution in [0.4, 0.5) is 0 Å². The lowest BCUT2D eigenvalue weighted by Gasteiger charge is -2.04. The number of amides is 2. The van der Waals surface area contributed by atoms with E-state index in [9.17, 15) is 9.59 Å². The summed E-state index contributed by atoms with van der Waals surface area (Å²) in [6.45, 7) is 2.42. The summed E-state index contributed by atoms with van der Waals surface area (Å²) in [6, 6.07) is 5.52. The minimum Gasteiger partial charge on any atom is -0.355 e. The summed E-state index contributed by atoms with van der Waals surface area (Å²) in [4.78, 5) is 26.5. The number of thioether (sulfide) groups is 1. The van der Waals surface area contributed by atoms with E-state index in [1.165, 1.54) is 11.8 Å². The highest BCUT2D eigenvalue weighted by Gasteiger charge is 2.05. The number of hydrogen-bond acceptors (Lipinski definition) is 4. The van der Waals surface area contributed by atoms with E-state index in [1.807, 2.05) is 25.1 Å². The smallest absolute Gasteiger partial charge is 0.239 e. The molecule has 0 aliphatic rings. The van der Waals surface area contributed by atoms with E-state index >= 15 is 0 Å². The number of rotatable bonds is 6. The molecule has 0 radical (unpaired) electrons. The molecule has 2 amide bonds. The molecule has 5 nitrogen and oxygen atoms in total. The Morgan fingerprint density at radius 1 is 1.29 bits per heavy atom. The first-order valence-corrected chi connectivity index (χ1v) is 6.28. The van der Waals surface area contributed by atoms with E-state index in [2.05, 4.69) is 15.6 Å². The Kier molecular flexibility index (Phi) is 6.09. The Labute approximate surface area is 104 Å². The van der Waals surface area contributed by atoms with Crippen LogP contribution in [-0.2, 0) is 9.59 Å². The Balaban J connectivity index is 2.20. The van der Waals surface area contributed by atoms with Crippen LogP contribution in [0.1, 0.15) is 6.92 Å². The molecule has 0 aliphatic carbocycles. The molecule has 0 bridgehead atoms. The number of nitrogens with zero attached hydrogens (tertiary/aromatic N) is 1. The van der Waals surface area contributed by atoms with Crippen LogP contribution in [0.15, 0.2) is 29.4 Å². The molecule has 6 heteroatoms. The summed E-state index contributed by atoms with van der Waals surface area (Å²) in [5.41, 5.74) is 0. The summed E-state index contributed by atoms with van der Waals surface area (Å²) in [5.74, 6) is -0.0910. The lowest BCUT2D eigenvalue weighted by molar-refractivity contribution is -0.124. The van der Waals surface area contributed by atoms with Crippen molar-refractivity contribution in [3.8, 4) is 0 Å². The van der Waals surface area contributed by atoms with Gasteiger partial charge >= 0.3 is 0 Å². The molecule has 0 aliphatic heterocycles. The molecule has 0 aromatic carbocycles. The molecule has 1 aromatic heterocycles. The second kappa shape index (κ2) is 7.67. The van der Waals surface area contributed by atoms with Gasteiger partial charge in [-0.15, -0.1) is 0 Å². The standard InChI is InChI=1S/C11H15N3O2S/c1-2-12-9(15)7-14-10(16)8-17-11-5-3-4-6-13-11/h3-6H,2,7-8H2,1H3,(H,12,15)(H,14,16). The number of aromatic nitrogens is 1. The van der Waals surface area contributed by atoms with E-state index in [0.717, 1.165) is 5.03 Å². The van der Waals surface area contributed by atoms with Gasteiger partial charge in [-0.1, -0.05) is 17.8 Å². The lowest BCUT2D eigenvalue weighted by atomic mass is 10.5. The predicted molar refractivity (Wildman–Crippen MR) is 66.7 cm³/mol. The van der Waals surface area contributed by atoms with E-state index in [-0.39, 0.29) is 24.1 Å². The van der Waals surface area contributed by atoms with E-state index in [4.69, 9.17) is 0 Å². The quantitative estimate of drug-likeness (QED) is 0.721. The third-order valence-electron chi connectivity index (χ3n) is 1.81. The third kappa shape index (κ3) is 5.91. The molecule has 17 heavy (non-hydrogen) atoms. The fraction of sp³-hybridized carbons (Fsp3) is 0.364. The van der Waals surface area contributed by atoms with Crippen LogP contribution in [0.2, 0.25) is 0 Å². The van der Waals surface area contributed by atoms with Crippen molar-refractivity contribution in [2.24, 2.45) is 0 Å². The van der Waals surface area contributed by atoms with Crippen LogP contribution in [0, 0.1) is 0 Å². The van der Waals surface area contributed by atoms with Gasteiger partial charge in [0.1, 0.15) is 0 Å². The lowest BCUT2D eigenvalue weighted by Crippen LogP contribution is -2.37. The maximum atomic E-state index is 11.4. The van der Waals surface area contributed by atoms with E-state index < -0.39 is 0 Å². The number of carbonyl (C=O) groups excluding carboxylic acids is 2. The summed E-state index contributed by atoms with van der Waals surface area (Å²) in [6.07, 6.45) is 1.68. The minimum atomic E-state index is -0.177. The second-order valence-electron chi connectivity index (χ2n) is 3.19. The number of likely N-dealkylation sites (N-methyl/N-ethyl adjacent to an activating group) is 1. The van der Waals surface area contributed by atoms with Gasteiger partial charge in [-0.05, 0) is 19.1 Å². The average molecular weight is 253 g/mol. The van der Waals surface area contributed by atoms with Crippen molar-refractivity contribution >= 4 is 23.6 Å². The van der Waals surface area contributed by atoms with Crippen molar-refractivity contribution in [1.29, 1.82) is 0 Å². The fourth-order valence-electron chi connectivity index (χ4n) is 1.06. The zero-order chi connectivity index (χ0) is 12.5. The molecule has 0 saturated heterocycles. The van der Waals surface area contributed by atoms with Gasteiger partial charge < -0.3 is 10.6 Å². The van der Waals surface area contributed by atoms with Gasteiger partial charge in [0.2, 0.25) is 11.8 Å². The summed E-state index contributed by atoms with van der Waals surface area (Å²) >= 11 is 1.34. The zero-order valence-electron chi connectivity index (χ0n) is 9.60. The highest BCUT2D eigenvalue weighted by atomic mass is 32.2. The molecule has 0 atom stereocenters. The van der Waals surface area contributed by atoms with Crippen LogP contribution in [0.25, 0.3) is 0 Å². The topological polar surface area (TPSA) is 71.1 Å². The minimum absolute atomic E-state index is 0.0233. The first-order valence-electron chi connectivity index (χ1n) is 5.29. The molecular weight excluding hydrogens is 238 g/mol. The van der Waals surface area contributed by atoms with Gasteiger partial charge in [0, 0.05) is 12.7 Å². The van der Waals surface area contributed by atoms with Gasteiger partial charge in [-0.2, -0.15) is 0 Å². The molecule has 1 heterocycles. The van der Waals surface area contributed by atoms with Crippen LogP contribution in [0.5, 0.6) is 0 Å². The maximum Gasteiger partial charge on any atom is 0.239 e. The first-order chi connectivity index (χ1) is 8.22. The van der Waals surface area contributed by atoms with Gasteiger partial charge in [-0.3, -0.25) is 9.59 Å². The van der Waals surface area contributed by atoms with Crippen LogP contribution in [-0.4, -0.2) is 35.6 Å². The highest BCUT2D eigenvalue weighted by Crippen LogP contribution is 2.12. The molecular formula is C11H15N3O2S. The third-order valence-corrected chi connectivity index (χ3v) is 2.75. The number of carbonyl (C=O) groups is 2. The zero-order valence-corrected chi connectivity index (χ0v) is 10.4. The number of pyridine rings is 1. The number of hydrogen-bond donors (Lipinski definition) is 2. The van der Waals surface area contributed by atoms with Crippen molar-refractivity contribution in [3.63, 3.8) is 0 Å². The van der Waals surface area contributed by atoms with Crippen molar-refractivity contribution < 1.29 is 9.59 Å². The second-order valence-corrected chi connectivity index (χ2v) is 4.18. The van der Waals surface area contributed by atoms with Gasteiger partial charge in [0.15, 0.2) is 0 Å². The van der Waals surface area contributed by atoms with Crippen molar-refractivity contribution in [2.45, 2.75) is 11.9 Å². The Hall–Kier alpha value is -1.56. The fourth-order valence-corrected chi connectivity index (χ4v) is 1.75. The molecule has 0 unspecified atom stereocenters. The van der Waals surface area contributed by atoms with Gasteiger partial charge in [-0.25, -0.2) is 4.98 Å². The van der Waals surface area contributed by atoms with Gasteiger partial charge in [0.05, 0.1) is 17.3 Å². The molecule has 0 saturated carbocycles. The average Bonchev–Trinajstić information content (AvgIpc) is 2.35. The molecule has 1 rings (SSSR count). The SMILES string of the molecule is CCNC(=O)CNC(=O)CSc1ccccn1. The summed E-state index contributed by atoms with van der Waals surface area (Å²) in [5, 5.41) is 5.93. The van der Waals surface area contributed by atoms with E-state index in [0.29, 0.717) is 6.54 Å². The molecule has 2 N–H and O–H groups in total. The Bertz CT molecular complexity index is 370. The highest BCUT2D eigenvalue weighted by molar-refractivity contribution is 7.99. The molecule has 0 fully saturated rings. The van der Waals surface area contributed by atoms with Crippen LogP contribution >= 0.6 is 11.8 Å². The van der Waals surface area contributed by atoms with Crippen molar-refractivity contribution in [1.82, 2.24) is 15.6 Å². The van der Waals surface area contributed by atoms with Crippen LogP contribution in [0.3, 0.4) is 0 Å². The van der Waals surface area contributed by atoms with Crippen LogP contribution < -0.4 is 10.6 Å². The Morgan fingerprint density at radius 2 is 2.12 bits per heavy atom. The predicted octanol–water partition coefficient (Wildman–Crippen LogP) is 0.426. The maximum absolute atomic E-state index is 11.4. The number of nitrogens with one attached hydrogen (secondary N) is 2.